The van der Waals surface area contributed by atoms with Crippen molar-refractivity contribution in [3.05, 3.63) is 64.1 Å². The van der Waals surface area contributed by atoms with E-state index < -0.39 is 6.04 Å². The molecule has 1 aromatic carbocycles. The lowest BCUT2D eigenvalue weighted by molar-refractivity contribution is -0.138. The SMILES string of the molecule is O=C([C@H]1[C@@H]2CNC[C@@H](C2)c2cccc(=O)n21)N1CCC(c2cccc(O)c2)CC1. The molecule has 6 heteroatoms. The van der Waals surface area contributed by atoms with Gasteiger partial charge in [-0.15, -0.1) is 0 Å². The van der Waals surface area contributed by atoms with E-state index in [0.29, 0.717) is 30.7 Å². The topological polar surface area (TPSA) is 74.6 Å². The Bertz CT molecular complexity index is 977. The zero-order valence-electron chi connectivity index (χ0n) is 16.5. The summed E-state index contributed by atoms with van der Waals surface area (Å²) < 4.78 is 1.78. The lowest BCUT2D eigenvalue weighted by Crippen LogP contribution is -2.53. The molecule has 2 saturated heterocycles. The minimum atomic E-state index is -0.403. The number of amides is 1. The lowest BCUT2D eigenvalue weighted by Gasteiger charge is -2.44. The summed E-state index contributed by atoms with van der Waals surface area (Å²) in [5, 5.41) is 13.2. The Morgan fingerprint density at radius 1 is 1.03 bits per heavy atom. The van der Waals surface area contributed by atoms with E-state index in [-0.39, 0.29) is 17.4 Å². The van der Waals surface area contributed by atoms with Gasteiger partial charge in [-0.2, -0.15) is 0 Å². The van der Waals surface area contributed by atoms with Crippen molar-refractivity contribution >= 4 is 5.91 Å². The number of aromatic nitrogens is 1. The van der Waals surface area contributed by atoms with Crippen LogP contribution in [-0.4, -0.2) is 46.7 Å². The van der Waals surface area contributed by atoms with Crippen LogP contribution in [0.1, 0.15) is 48.4 Å². The summed E-state index contributed by atoms with van der Waals surface area (Å²) in [6.45, 7) is 3.04. The van der Waals surface area contributed by atoms with Crippen LogP contribution < -0.4 is 10.9 Å². The first-order valence-electron chi connectivity index (χ1n) is 10.6. The van der Waals surface area contributed by atoms with Gasteiger partial charge in [-0.25, -0.2) is 0 Å². The van der Waals surface area contributed by atoms with E-state index in [4.69, 9.17) is 0 Å². The zero-order valence-corrected chi connectivity index (χ0v) is 16.5. The first kappa shape index (κ1) is 18.4. The highest BCUT2D eigenvalue weighted by Gasteiger charge is 2.43. The number of carbonyl (C=O) groups excluding carboxylic acids is 1. The number of likely N-dealkylation sites (tertiary alicyclic amines) is 1. The fourth-order valence-corrected chi connectivity index (χ4v) is 5.51. The number of hydrogen-bond acceptors (Lipinski definition) is 4. The Morgan fingerprint density at radius 2 is 1.83 bits per heavy atom. The number of fused-ring (bicyclic) bond motifs is 4. The van der Waals surface area contributed by atoms with Gasteiger partial charge in [0, 0.05) is 49.8 Å². The molecule has 152 valence electrons. The highest BCUT2D eigenvalue weighted by Crippen LogP contribution is 2.40. The molecule has 0 saturated carbocycles. The molecule has 2 N–H and O–H groups in total. The number of nitrogens with one attached hydrogen (secondary N) is 1. The standard InChI is InChI=1S/C23H27N3O3/c27-19-4-1-3-16(12-19)15-7-9-25(10-8-15)23(29)22-18-11-17(13-24-14-18)20-5-2-6-21(28)26(20)22/h1-6,12,15,17-18,22,24,27H,7-11,13-14H2/t17-,18+,22-/m1/s1. The van der Waals surface area contributed by atoms with Crippen molar-refractivity contribution in [3.8, 4) is 5.75 Å². The molecule has 4 heterocycles. The van der Waals surface area contributed by atoms with Gasteiger partial charge < -0.3 is 15.3 Å². The summed E-state index contributed by atoms with van der Waals surface area (Å²) in [5.41, 5.74) is 2.07. The molecule has 1 aromatic heterocycles. The van der Waals surface area contributed by atoms with Gasteiger partial charge >= 0.3 is 0 Å². The van der Waals surface area contributed by atoms with Gasteiger partial charge in [-0.1, -0.05) is 18.2 Å². The van der Waals surface area contributed by atoms with Crippen molar-refractivity contribution < 1.29 is 9.90 Å². The molecule has 3 atom stereocenters. The zero-order chi connectivity index (χ0) is 20.0. The number of phenols is 1. The molecule has 0 spiro atoms. The largest absolute Gasteiger partial charge is 0.508 e. The van der Waals surface area contributed by atoms with Gasteiger partial charge in [-0.05, 0) is 48.9 Å². The van der Waals surface area contributed by atoms with Crippen LogP contribution in [0.2, 0.25) is 0 Å². The predicted octanol–water partition coefficient (Wildman–Crippen LogP) is 2.21. The molecule has 3 aliphatic rings. The van der Waals surface area contributed by atoms with Crippen molar-refractivity contribution in [2.45, 2.75) is 37.1 Å². The number of pyridine rings is 1. The summed E-state index contributed by atoms with van der Waals surface area (Å²) in [5.74, 6) is 1.20. The van der Waals surface area contributed by atoms with Gasteiger partial charge in [0.2, 0.25) is 5.91 Å². The summed E-state index contributed by atoms with van der Waals surface area (Å²) in [6.07, 6.45) is 2.72. The second-order valence-corrected chi connectivity index (χ2v) is 8.65. The van der Waals surface area contributed by atoms with E-state index in [0.717, 1.165) is 43.6 Å². The normalized spacial score (nSPS) is 26.8. The number of hydrogen-bond donors (Lipinski definition) is 2. The molecule has 0 radical (unpaired) electrons. The molecule has 0 aliphatic carbocycles. The summed E-state index contributed by atoms with van der Waals surface area (Å²) >= 11 is 0. The second kappa shape index (κ2) is 7.34. The highest BCUT2D eigenvalue weighted by atomic mass is 16.3. The maximum atomic E-state index is 13.6. The molecule has 2 bridgehead atoms. The fraction of sp³-hybridized carbons (Fsp3) is 0.478. The molecule has 3 aliphatic heterocycles. The van der Waals surface area contributed by atoms with Crippen LogP contribution in [0.15, 0.2) is 47.3 Å². The Kier molecular flexibility index (Phi) is 4.66. The van der Waals surface area contributed by atoms with Crippen LogP contribution in [0.5, 0.6) is 5.75 Å². The average molecular weight is 393 g/mol. The summed E-state index contributed by atoms with van der Waals surface area (Å²) in [4.78, 5) is 28.2. The van der Waals surface area contributed by atoms with Crippen LogP contribution in [0.3, 0.4) is 0 Å². The van der Waals surface area contributed by atoms with Crippen molar-refractivity contribution in [1.82, 2.24) is 14.8 Å². The van der Waals surface area contributed by atoms with E-state index in [9.17, 15) is 14.7 Å². The van der Waals surface area contributed by atoms with Gasteiger partial charge in [0.1, 0.15) is 11.8 Å². The number of carbonyl (C=O) groups is 1. The quantitative estimate of drug-likeness (QED) is 0.820. The Balaban J connectivity index is 1.37. The monoisotopic (exact) mass is 393 g/mol. The van der Waals surface area contributed by atoms with Gasteiger partial charge in [0.05, 0.1) is 0 Å². The minimum absolute atomic E-state index is 0.0629. The average Bonchev–Trinajstić information content (AvgIpc) is 2.75. The van der Waals surface area contributed by atoms with E-state index in [1.54, 1.807) is 16.7 Å². The third-order valence-corrected chi connectivity index (χ3v) is 6.95. The van der Waals surface area contributed by atoms with Crippen molar-refractivity contribution in [2.75, 3.05) is 26.2 Å². The Labute approximate surface area is 170 Å². The van der Waals surface area contributed by atoms with E-state index in [1.165, 1.54) is 0 Å². The third kappa shape index (κ3) is 3.25. The summed E-state index contributed by atoms with van der Waals surface area (Å²) in [7, 11) is 0. The van der Waals surface area contributed by atoms with Gasteiger partial charge in [0.15, 0.2) is 0 Å². The van der Waals surface area contributed by atoms with Crippen LogP contribution >= 0.6 is 0 Å². The summed E-state index contributed by atoms with van der Waals surface area (Å²) in [6, 6.07) is 12.4. The molecular weight excluding hydrogens is 366 g/mol. The van der Waals surface area contributed by atoms with Gasteiger partial charge in [0.25, 0.3) is 5.56 Å². The van der Waals surface area contributed by atoms with Crippen LogP contribution in [0, 0.1) is 5.92 Å². The van der Waals surface area contributed by atoms with Crippen LogP contribution in [0.4, 0.5) is 0 Å². The van der Waals surface area contributed by atoms with Crippen molar-refractivity contribution in [1.29, 1.82) is 0 Å². The Morgan fingerprint density at radius 3 is 2.62 bits per heavy atom. The maximum Gasteiger partial charge on any atom is 0.251 e. The second-order valence-electron chi connectivity index (χ2n) is 8.65. The molecule has 6 nitrogen and oxygen atoms in total. The van der Waals surface area contributed by atoms with Crippen LogP contribution in [0.25, 0.3) is 0 Å². The van der Waals surface area contributed by atoms with E-state index in [1.807, 2.05) is 35.2 Å². The van der Waals surface area contributed by atoms with E-state index in [2.05, 4.69) is 5.32 Å². The van der Waals surface area contributed by atoms with Gasteiger partial charge in [-0.3, -0.25) is 14.2 Å². The molecule has 2 fully saturated rings. The molecular formula is C23H27N3O3. The van der Waals surface area contributed by atoms with Crippen molar-refractivity contribution in [3.63, 3.8) is 0 Å². The van der Waals surface area contributed by atoms with E-state index >= 15 is 0 Å². The number of piperidine rings is 2. The first-order valence-corrected chi connectivity index (χ1v) is 10.6. The number of aromatic hydroxyl groups is 1. The maximum absolute atomic E-state index is 13.6. The molecule has 0 unspecified atom stereocenters. The first-order chi connectivity index (χ1) is 14.1. The number of nitrogens with zero attached hydrogens (tertiary/aromatic N) is 2. The minimum Gasteiger partial charge on any atom is -0.508 e. The Hall–Kier alpha value is -2.60. The molecule has 1 amide bonds. The number of rotatable bonds is 2. The number of benzene rings is 1. The molecule has 29 heavy (non-hydrogen) atoms. The molecule has 2 aromatic rings. The van der Waals surface area contributed by atoms with Crippen molar-refractivity contribution in [2.24, 2.45) is 5.92 Å². The number of phenolic OH excluding ortho intramolecular Hbond substituents is 1. The molecule has 5 rings (SSSR count). The van der Waals surface area contributed by atoms with Crippen LogP contribution in [-0.2, 0) is 4.79 Å². The smallest absolute Gasteiger partial charge is 0.251 e. The lowest BCUT2D eigenvalue weighted by atomic mass is 9.78. The highest BCUT2D eigenvalue weighted by molar-refractivity contribution is 5.81. The third-order valence-electron chi connectivity index (χ3n) is 6.95. The fourth-order valence-electron chi connectivity index (χ4n) is 5.51. The predicted molar refractivity (Wildman–Crippen MR) is 110 cm³/mol.